The first-order valence-corrected chi connectivity index (χ1v) is 13.0. The molecule has 3 heterocycles. The second kappa shape index (κ2) is 8.77. The number of carbonyl (C=O) groups excluding carboxylic acids is 1. The third-order valence-electron chi connectivity index (χ3n) is 5.83. The van der Waals surface area contributed by atoms with Gasteiger partial charge in [0.15, 0.2) is 5.58 Å². The minimum atomic E-state index is -3.62. The van der Waals surface area contributed by atoms with Gasteiger partial charge in [0.2, 0.25) is 10.0 Å². The van der Waals surface area contributed by atoms with E-state index < -0.39 is 21.7 Å². The minimum absolute atomic E-state index is 0.00949. The van der Waals surface area contributed by atoms with Crippen LogP contribution < -0.4 is 5.76 Å². The van der Waals surface area contributed by atoms with E-state index >= 15 is 0 Å². The summed E-state index contributed by atoms with van der Waals surface area (Å²) in [6.07, 6.45) is 1.67. The van der Waals surface area contributed by atoms with Crippen molar-refractivity contribution >= 4 is 48.5 Å². The fourth-order valence-corrected chi connectivity index (χ4v) is 6.56. The summed E-state index contributed by atoms with van der Waals surface area (Å²) in [5.41, 5.74) is 1.57. The number of fused-ring (bicyclic) bond motifs is 2. The van der Waals surface area contributed by atoms with Crippen molar-refractivity contribution in [2.45, 2.75) is 37.3 Å². The number of rotatable bonds is 7. The third kappa shape index (κ3) is 4.21. The molecule has 1 aliphatic rings. The number of esters is 1. The molecule has 0 aliphatic carbocycles. The van der Waals surface area contributed by atoms with Gasteiger partial charge in [-0.05, 0) is 41.8 Å². The summed E-state index contributed by atoms with van der Waals surface area (Å²) in [6, 6.07) is 12.3. The highest BCUT2D eigenvalue weighted by molar-refractivity contribution is 7.89. The van der Waals surface area contributed by atoms with Crippen LogP contribution in [-0.2, 0) is 32.7 Å². The van der Waals surface area contributed by atoms with Crippen LogP contribution in [0.5, 0.6) is 0 Å². The van der Waals surface area contributed by atoms with Crippen molar-refractivity contribution in [3.05, 3.63) is 64.0 Å². The van der Waals surface area contributed by atoms with Crippen LogP contribution >= 0.6 is 11.3 Å². The van der Waals surface area contributed by atoms with Gasteiger partial charge in [0.05, 0.1) is 16.8 Å². The Morgan fingerprint density at radius 2 is 1.91 bits per heavy atom. The zero-order valence-corrected chi connectivity index (χ0v) is 19.4. The Kier molecular flexibility index (Phi) is 5.81. The van der Waals surface area contributed by atoms with E-state index in [1.807, 2.05) is 29.6 Å². The zero-order chi connectivity index (χ0) is 23.0. The molecule has 0 unspecified atom stereocenters. The summed E-state index contributed by atoms with van der Waals surface area (Å²) >= 11 is 1.60. The van der Waals surface area contributed by atoms with E-state index in [4.69, 9.17) is 9.15 Å². The second-order valence-corrected chi connectivity index (χ2v) is 10.8. The van der Waals surface area contributed by atoms with E-state index in [9.17, 15) is 18.0 Å². The standard InChI is InChI=1S/C23H22N2O6S2/c26-22(30-14-16-15-32-21-6-2-1-5-18(16)21)9-12-25-19-8-7-17(13-20(19)31-23(25)27)33(28,29)24-10-3-4-11-24/h1-2,5-8,13,15H,3-4,9-12,14H2. The monoisotopic (exact) mass is 486 g/mol. The number of sulfonamides is 1. The highest BCUT2D eigenvalue weighted by atomic mass is 32.2. The number of oxazole rings is 1. The molecule has 172 valence electrons. The van der Waals surface area contributed by atoms with E-state index in [1.165, 1.54) is 21.0 Å². The summed E-state index contributed by atoms with van der Waals surface area (Å²) < 4.78 is 40.1. The highest BCUT2D eigenvalue weighted by Crippen LogP contribution is 2.27. The molecule has 0 radical (unpaired) electrons. The van der Waals surface area contributed by atoms with Crippen molar-refractivity contribution in [2.24, 2.45) is 0 Å². The molecule has 0 atom stereocenters. The van der Waals surface area contributed by atoms with Crippen LogP contribution in [0, 0.1) is 0 Å². The smallest absolute Gasteiger partial charge is 0.419 e. The Bertz CT molecular complexity index is 1490. The van der Waals surface area contributed by atoms with Crippen molar-refractivity contribution in [1.82, 2.24) is 8.87 Å². The number of benzene rings is 2. The molecule has 1 aliphatic heterocycles. The Labute approximate surface area is 194 Å². The fourth-order valence-electron chi connectivity index (χ4n) is 4.07. The van der Waals surface area contributed by atoms with E-state index in [-0.39, 0.29) is 30.1 Å². The van der Waals surface area contributed by atoms with Gasteiger partial charge in [-0.2, -0.15) is 4.31 Å². The number of hydrogen-bond acceptors (Lipinski definition) is 7. The van der Waals surface area contributed by atoms with Crippen LogP contribution in [0.1, 0.15) is 24.8 Å². The van der Waals surface area contributed by atoms with Crippen molar-refractivity contribution < 1.29 is 22.4 Å². The summed E-state index contributed by atoms with van der Waals surface area (Å²) in [6.45, 7) is 1.23. The molecule has 2 aromatic heterocycles. The second-order valence-electron chi connectivity index (χ2n) is 7.93. The maximum Gasteiger partial charge on any atom is 0.419 e. The maximum absolute atomic E-state index is 12.8. The van der Waals surface area contributed by atoms with Crippen LogP contribution in [0.25, 0.3) is 21.2 Å². The average molecular weight is 487 g/mol. The number of aromatic nitrogens is 1. The lowest BCUT2D eigenvalue weighted by Crippen LogP contribution is -2.27. The van der Waals surface area contributed by atoms with Crippen molar-refractivity contribution in [2.75, 3.05) is 13.1 Å². The first-order chi connectivity index (χ1) is 15.9. The number of ether oxygens (including phenoxy) is 1. The topological polar surface area (TPSA) is 98.8 Å². The first-order valence-electron chi connectivity index (χ1n) is 10.7. The average Bonchev–Trinajstić information content (AvgIpc) is 3.55. The number of hydrogen-bond donors (Lipinski definition) is 0. The predicted octanol–water partition coefficient (Wildman–Crippen LogP) is 3.73. The van der Waals surface area contributed by atoms with Gasteiger partial charge >= 0.3 is 11.7 Å². The van der Waals surface area contributed by atoms with E-state index in [2.05, 4.69) is 0 Å². The number of nitrogens with zero attached hydrogens (tertiary/aromatic N) is 2. The number of aryl methyl sites for hydroxylation is 1. The number of carbonyl (C=O) groups is 1. The van der Waals surface area contributed by atoms with Crippen LogP contribution in [0.2, 0.25) is 0 Å². The van der Waals surface area contributed by atoms with Gasteiger partial charge in [-0.1, -0.05) is 18.2 Å². The van der Waals surface area contributed by atoms with Gasteiger partial charge < -0.3 is 9.15 Å². The summed E-state index contributed by atoms with van der Waals surface area (Å²) in [4.78, 5) is 24.7. The normalized spacial score (nSPS) is 14.9. The molecule has 2 aromatic carbocycles. The molecule has 8 nitrogen and oxygen atoms in total. The van der Waals surface area contributed by atoms with Gasteiger partial charge in [-0.25, -0.2) is 13.2 Å². The maximum atomic E-state index is 12.8. The number of thiophene rings is 1. The van der Waals surface area contributed by atoms with Gasteiger partial charge in [-0.15, -0.1) is 11.3 Å². The van der Waals surface area contributed by atoms with Crippen LogP contribution in [-0.4, -0.2) is 36.3 Å². The van der Waals surface area contributed by atoms with Crippen molar-refractivity contribution in [3.8, 4) is 0 Å². The Balaban J connectivity index is 1.27. The molecule has 33 heavy (non-hydrogen) atoms. The molecular weight excluding hydrogens is 464 g/mol. The van der Waals surface area contributed by atoms with Crippen molar-refractivity contribution in [3.63, 3.8) is 0 Å². The van der Waals surface area contributed by atoms with Gasteiger partial charge in [-0.3, -0.25) is 9.36 Å². The molecular formula is C23H22N2O6S2. The molecule has 0 spiro atoms. The lowest BCUT2D eigenvalue weighted by atomic mass is 10.2. The molecule has 0 bridgehead atoms. The zero-order valence-electron chi connectivity index (χ0n) is 17.7. The molecule has 0 amide bonds. The van der Waals surface area contributed by atoms with E-state index in [1.54, 1.807) is 17.4 Å². The lowest BCUT2D eigenvalue weighted by Gasteiger charge is -2.15. The summed E-state index contributed by atoms with van der Waals surface area (Å²) in [5.74, 6) is -1.07. The summed E-state index contributed by atoms with van der Waals surface area (Å²) in [7, 11) is -3.62. The van der Waals surface area contributed by atoms with Gasteiger partial charge in [0, 0.05) is 36.0 Å². The first kappa shape index (κ1) is 21.9. The molecule has 1 fully saturated rings. The van der Waals surface area contributed by atoms with Crippen LogP contribution in [0.15, 0.2) is 62.0 Å². The minimum Gasteiger partial charge on any atom is -0.461 e. The molecule has 0 saturated carbocycles. The molecule has 10 heteroatoms. The molecule has 0 N–H and O–H groups in total. The van der Waals surface area contributed by atoms with Gasteiger partial charge in [0.25, 0.3) is 0 Å². The van der Waals surface area contributed by atoms with Crippen LogP contribution in [0.3, 0.4) is 0 Å². The highest BCUT2D eigenvalue weighted by Gasteiger charge is 2.28. The fraction of sp³-hybridized carbons (Fsp3) is 0.304. The van der Waals surface area contributed by atoms with E-state index in [0.29, 0.717) is 18.6 Å². The van der Waals surface area contributed by atoms with Crippen LogP contribution in [0.4, 0.5) is 0 Å². The Hall–Kier alpha value is -2.95. The molecule has 4 aromatic rings. The predicted molar refractivity (Wildman–Crippen MR) is 125 cm³/mol. The van der Waals surface area contributed by atoms with Gasteiger partial charge in [0.1, 0.15) is 6.61 Å². The quantitative estimate of drug-likeness (QED) is 0.369. The lowest BCUT2D eigenvalue weighted by molar-refractivity contribution is -0.145. The Morgan fingerprint density at radius 3 is 2.73 bits per heavy atom. The summed E-state index contributed by atoms with van der Waals surface area (Å²) in [5, 5.41) is 3.03. The SMILES string of the molecule is O=C(CCn1c(=O)oc2cc(S(=O)(=O)N3CCCC3)ccc21)OCc1csc2ccccc12. The molecule has 5 rings (SSSR count). The van der Waals surface area contributed by atoms with E-state index in [0.717, 1.165) is 28.5 Å². The van der Waals surface area contributed by atoms with Crippen molar-refractivity contribution in [1.29, 1.82) is 0 Å². The largest absolute Gasteiger partial charge is 0.461 e. The molecule has 1 saturated heterocycles. The Morgan fingerprint density at radius 1 is 1.12 bits per heavy atom. The third-order valence-corrected chi connectivity index (χ3v) is 8.74.